The molecule has 1 fully saturated rings. The van der Waals surface area contributed by atoms with Gasteiger partial charge in [0, 0.05) is 0 Å². The highest BCUT2D eigenvalue weighted by Gasteiger charge is 2.51. The first kappa shape index (κ1) is 14.7. The van der Waals surface area contributed by atoms with Crippen LogP contribution in [0.15, 0.2) is 18.2 Å². The van der Waals surface area contributed by atoms with Gasteiger partial charge in [-0.05, 0) is 67.3 Å². The van der Waals surface area contributed by atoms with Gasteiger partial charge >= 0.3 is 7.12 Å². The first-order chi connectivity index (χ1) is 9.34. The molecule has 20 heavy (non-hydrogen) atoms. The maximum absolute atomic E-state index is 6.06. The Balaban J connectivity index is 1.96. The Bertz CT molecular complexity index is 645. The molecule has 0 N–H and O–H groups in total. The molecule has 1 aromatic carbocycles. The van der Waals surface area contributed by atoms with Crippen molar-refractivity contribution in [2.24, 2.45) is 0 Å². The summed E-state index contributed by atoms with van der Waals surface area (Å²) in [6, 6.07) is 6.06. The van der Waals surface area contributed by atoms with E-state index in [1.807, 2.05) is 22.7 Å². The van der Waals surface area contributed by atoms with Crippen LogP contribution in [-0.4, -0.2) is 33.1 Å². The summed E-state index contributed by atoms with van der Waals surface area (Å²) in [4.78, 5) is 0. The van der Waals surface area contributed by atoms with E-state index in [1.165, 1.54) is 0 Å². The average molecular weight is 403 g/mol. The molecule has 0 amide bonds. The smallest absolute Gasteiger partial charge is 0.399 e. The summed E-state index contributed by atoms with van der Waals surface area (Å²) in [6.07, 6.45) is 0.545. The Labute approximate surface area is 133 Å². The number of benzene rings is 1. The summed E-state index contributed by atoms with van der Waals surface area (Å²) >= 11 is 2.29. The molecule has 1 saturated heterocycles. The largest absolute Gasteiger partial charge is 0.494 e. The molecular formula is C12H16BIN3O2P. The van der Waals surface area contributed by atoms with Gasteiger partial charge in [-0.3, -0.25) is 0 Å². The Morgan fingerprint density at radius 1 is 1.20 bits per heavy atom. The zero-order valence-electron chi connectivity index (χ0n) is 11.8. The normalized spacial score (nSPS) is 21.4. The second-order valence-corrected chi connectivity index (χ2v) is 7.96. The van der Waals surface area contributed by atoms with Gasteiger partial charge in [-0.25, -0.2) is 4.45 Å². The first-order valence-corrected chi connectivity index (χ1v) is 10.5. The van der Waals surface area contributed by atoms with Gasteiger partial charge in [0.2, 0.25) is 0 Å². The van der Waals surface area contributed by atoms with Gasteiger partial charge in [0.1, 0.15) is 5.52 Å². The van der Waals surface area contributed by atoms with Crippen LogP contribution in [0.5, 0.6) is 0 Å². The number of hydrogen-bond acceptors (Lipinski definition) is 4. The van der Waals surface area contributed by atoms with Gasteiger partial charge in [0.15, 0.2) is 0 Å². The minimum atomic E-state index is -0.350. The van der Waals surface area contributed by atoms with Crippen molar-refractivity contribution < 1.29 is 9.31 Å². The molecule has 0 saturated carbocycles. The van der Waals surface area contributed by atoms with Crippen molar-refractivity contribution in [2.75, 3.05) is 0 Å². The van der Waals surface area contributed by atoms with Crippen LogP contribution >= 0.6 is 28.4 Å². The summed E-state index contributed by atoms with van der Waals surface area (Å²) in [5, 5.41) is 8.33. The molecule has 1 aliphatic rings. The Morgan fingerprint density at radius 3 is 2.45 bits per heavy atom. The van der Waals surface area contributed by atoms with Crippen LogP contribution in [0.25, 0.3) is 11.0 Å². The predicted molar refractivity (Wildman–Crippen MR) is 91.0 cm³/mol. The Morgan fingerprint density at radius 2 is 1.85 bits per heavy atom. The second-order valence-electron chi connectivity index (χ2n) is 5.92. The summed E-state index contributed by atoms with van der Waals surface area (Å²) in [6.45, 7) is 8.22. The van der Waals surface area contributed by atoms with Crippen LogP contribution in [0.4, 0.5) is 0 Å². The van der Waals surface area contributed by atoms with Crippen molar-refractivity contribution in [1.82, 2.24) is 14.8 Å². The van der Waals surface area contributed by atoms with Crippen molar-refractivity contribution in [3.63, 3.8) is 0 Å². The highest BCUT2D eigenvalue weighted by molar-refractivity contribution is 14.2. The quantitative estimate of drug-likeness (QED) is 0.440. The molecule has 1 aromatic heterocycles. The molecule has 106 valence electrons. The average Bonchev–Trinajstić information content (AvgIpc) is 2.87. The third-order valence-corrected chi connectivity index (χ3v) is 5.94. The van der Waals surface area contributed by atoms with E-state index >= 15 is 0 Å². The Kier molecular flexibility index (Phi) is 3.60. The van der Waals surface area contributed by atoms with Gasteiger partial charge in [0.25, 0.3) is 0 Å². The van der Waals surface area contributed by atoms with Gasteiger partial charge < -0.3 is 9.31 Å². The van der Waals surface area contributed by atoms with E-state index in [0.29, 0.717) is 6.37 Å². The van der Waals surface area contributed by atoms with E-state index in [9.17, 15) is 0 Å². The fourth-order valence-electron chi connectivity index (χ4n) is 2.13. The highest BCUT2D eigenvalue weighted by Crippen LogP contribution is 2.36. The lowest BCUT2D eigenvalue weighted by molar-refractivity contribution is 0.00578. The van der Waals surface area contributed by atoms with Crippen LogP contribution in [0, 0.1) is 0 Å². The second kappa shape index (κ2) is 4.90. The van der Waals surface area contributed by atoms with Crippen molar-refractivity contribution in [3.8, 4) is 0 Å². The van der Waals surface area contributed by atoms with Crippen LogP contribution in [-0.2, 0) is 9.31 Å². The third-order valence-electron chi connectivity index (χ3n) is 4.08. The van der Waals surface area contributed by atoms with E-state index in [-0.39, 0.29) is 18.3 Å². The predicted octanol–water partition coefficient (Wildman–Crippen LogP) is 2.52. The molecule has 1 unspecified atom stereocenters. The zero-order valence-corrected chi connectivity index (χ0v) is 15.0. The molecule has 0 aliphatic carbocycles. The van der Waals surface area contributed by atoms with E-state index in [4.69, 9.17) is 9.31 Å². The molecule has 1 aliphatic heterocycles. The third kappa shape index (κ3) is 2.28. The molecule has 0 radical (unpaired) electrons. The number of halogens is 1. The summed E-state index contributed by atoms with van der Waals surface area (Å²) < 4.78 is 14.0. The molecule has 0 bridgehead atoms. The van der Waals surface area contributed by atoms with E-state index in [1.54, 1.807) is 0 Å². The van der Waals surface area contributed by atoms with Crippen molar-refractivity contribution in [3.05, 3.63) is 18.2 Å². The summed E-state index contributed by atoms with van der Waals surface area (Å²) in [5.74, 6) is 0. The van der Waals surface area contributed by atoms with Crippen LogP contribution in [0.3, 0.4) is 0 Å². The lowest BCUT2D eigenvalue weighted by atomic mass is 9.79. The molecule has 0 spiro atoms. The molecule has 5 nitrogen and oxygen atoms in total. The maximum atomic E-state index is 6.06. The van der Waals surface area contributed by atoms with E-state index in [0.717, 1.165) is 16.5 Å². The number of hydrogen-bond donors (Lipinski definition) is 0. The minimum Gasteiger partial charge on any atom is -0.399 e. The topological polar surface area (TPSA) is 49.2 Å². The molecule has 1 atom stereocenters. The SMILES string of the molecule is CC1(C)OB(c2ccc3c(c2)nnn3PI)OC1(C)C. The van der Waals surface area contributed by atoms with Crippen molar-refractivity contribution in [2.45, 2.75) is 38.9 Å². The van der Waals surface area contributed by atoms with Crippen LogP contribution < -0.4 is 5.46 Å². The Hall–Kier alpha value is -0.235. The molecule has 2 aromatic rings. The van der Waals surface area contributed by atoms with Gasteiger partial charge in [0.05, 0.1) is 23.1 Å². The molecule has 2 heterocycles. The molecule has 3 rings (SSSR count). The lowest BCUT2D eigenvalue weighted by Gasteiger charge is -2.32. The number of nitrogens with zero attached hydrogens (tertiary/aromatic N) is 3. The van der Waals surface area contributed by atoms with Crippen LogP contribution in [0.2, 0.25) is 0 Å². The molecular weight excluding hydrogens is 387 g/mol. The minimum absolute atomic E-state index is 0.326. The van der Waals surface area contributed by atoms with E-state index in [2.05, 4.69) is 60.0 Å². The maximum Gasteiger partial charge on any atom is 0.494 e. The summed E-state index contributed by atoms with van der Waals surface area (Å²) in [7, 11) is -0.350. The number of rotatable bonds is 2. The first-order valence-electron chi connectivity index (χ1n) is 6.42. The standard InChI is InChI=1S/C12H16BIN3O2P/c1-11(2)12(3,4)19-13(18-11)8-5-6-10-9(7-8)15-16-17(10)20-14/h5-7,20H,1-4H3. The van der Waals surface area contributed by atoms with Crippen molar-refractivity contribution in [1.29, 1.82) is 0 Å². The zero-order chi connectivity index (χ0) is 14.5. The number of aromatic nitrogens is 3. The number of fused-ring (bicyclic) bond motifs is 1. The van der Waals surface area contributed by atoms with Crippen molar-refractivity contribution >= 4 is 52.0 Å². The van der Waals surface area contributed by atoms with Crippen LogP contribution in [0.1, 0.15) is 27.7 Å². The van der Waals surface area contributed by atoms with Gasteiger partial charge in [-0.2, -0.15) is 0 Å². The van der Waals surface area contributed by atoms with Gasteiger partial charge in [-0.15, -0.1) is 5.10 Å². The lowest BCUT2D eigenvalue weighted by Crippen LogP contribution is -2.41. The van der Waals surface area contributed by atoms with Gasteiger partial charge in [-0.1, -0.05) is 11.3 Å². The summed E-state index contributed by atoms with van der Waals surface area (Å²) in [5.41, 5.74) is 2.25. The van der Waals surface area contributed by atoms with E-state index < -0.39 is 0 Å². The fraction of sp³-hybridized carbons (Fsp3) is 0.500. The monoisotopic (exact) mass is 403 g/mol. The highest BCUT2D eigenvalue weighted by atomic mass is 127. The fourth-order valence-corrected chi connectivity index (χ4v) is 3.56. The molecule has 8 heteroatoms.